The maximum atomic E-state index is 11.8. The molecule has 0 radical (unpaired) electrons. The predicted molar refractivity (Wildman–Crippen MR) is 68.2 cm³/mol. The van der Waals surface area contributed by atoms with Gasteiger partial charge in [-0.2, -0.15) is 0 Å². The Bertz CT molecular complexity index is 398. The number of hydrogen-bond acceptors (Lipinski definition) is 3. The first-order valence-corrected chi connectivity index (χ1v) is 6.25. The average Bonchev–Trinajstić information content (AvgIpc) is 3.21. The third-order valence-electron chi connectivity index (χ3n) is 3.17. The van der Waals surface area contributed by atoms with Gasteiger partial charge < -0.3 is 15.2 Å². The van der Waals surface area contributed by atoms with Gasteiger partial charge in [0.15, 0.2) is 0 Å². The number of aliphatic hydroxyl groups is 1. The molecule has 1 atom stereocenters. The number of methoxy groups -OCH3 is 1. The van der Waals surface area contributed by atoms with Crippen molar-refractivity contribution in [3.63, 3.8) is 0 Å². The number of ether oxygens (including phenoxy) is 1. The summed E-state index contributed by atoms with van der Waals surface area (Å²) in [6.07, 6.45) is 1.74. The van der Waals surface area contributed by atoms with Crippen LogP contribution in [0, 0.1) is 5.92 Å². The van der Waals surface area contributed by atoms with E-state index < -0.39 is 6.10 Å². The van der Waals surface area contributed by atoms with Crippen LogP contribution in [0.3, 0.4) is 0 Å². The van der Waals surface area contributed by atoms with Gasteiger partial charge >= 0.3 is 0 Å². The van der Waals surface area contributed by atoms with E-state index in [9.17, 15) is 9.90 Å². The van der Waals surface area contributed by atoms with Gasteiger partial charge in [-0.25, -0.2) is 0 Å². The number of benzene rings is 1. The van der Waals surface area contributed by atoms with Crippen LogP contribution >= 0.6 is 0 Å². The van der Waals surface area contributed by atoms with Gasteiger partial charge in [-0.15, -0.1) is 0 Å². The van der Waals surface area contributed by atoms with Crippen LogP contribution < -0.4 is 5.32 Å². The van der Waals surface area contributed by atoms with E-state index in [-0.39, 0.29) is 5.91 Å². The van der Waals surface area contributed by atoms with E-state index in [2.05, 4.69) is 5.32 Å². The zero-order valence-corrected chi connectivity index (χ0v) is 10.6. The van der Waals surface area contributed by atoms with Crippen molar-refractivity contribution >= 4 is 5.91 Å². The van der Waals surface area contributed by atoms with Crippen molar-refractivity contribution in [3.05, 3.63) is 35.4 Å². The van der Waals surface area contributed by atoms with Crippen LogP contribution in [0.5, 0.6) is 0 Å². The molecule has 98 valence electrons. The number of carbonyl (C=O) groups is 1. The van der Waals surface area contributed by atoms with Crippen LogP contribution in [-0.4, -0.2) is 30.8 Å². The quantitative estimate of drug-likeness (QED) is 0.799. The Morgan fingerprint density at radius 2 is 2.11 bits per heavy atom. The molecule has 1 aliphatic carbocycles. The van der Waals surface area contributed by atoms with E-state index in [4.69, 9.17) is 4.74 Å². The third-order valence-corrected chi connectivity index (χ3v) is 3.17. The Hall–Kier alpha value is -1.39. The van der Waals surface area contributed by atoms with E-state index >= 15 is 0 Å². The fraction of sp³-hybridized carbons (Fsp3) is 0.500. The van der Waals surface area contributed by atoms with Crippen molar-refractivity contribution in [2.24, 2.45) is 5.92 Å². The summed E-state index contributed by atoms with van der Waals surface area (Å²) in [5.74, 6) is 0.244. The molecule has 0 heterocycles. The number of aliphatic hydroxyl groups excluding tert-OH is 1. The molecule has 1 aromatic carbocycles. The summed E-state index contributed by atoms with van der Waals surface area (Å²) < 4.78 is 5.01. The molecule has 0 aromatic heterocycles. The van der Waals surface area contributed by atoms with E-state index in [1.54, 1.807) is 19.2 Å². The fourth-order valence-electron chi connectivity index (χ4n) is 1.87. The summed E-state index contributed by atoms with van der Waals surface area (Å²) >= 11 is 0. The van der Waals surface area contributed by atoms with Gasteiger partial charge in [0.05, 0.1) is 12.7 Å². The summed E-state index contributed by atoms with van der Waals surface area (Å²) in [5, 5.41) is 12.4. The second-order valence-corrected chi connectivity index (χ2v) is 4.74. The molecule has 1 aromatic rings. The van der Waals surface area contributed by atoms with Crippen molar-refractivity contribution < 1.29 is 14.6 Å². The molecule has 1 fully saturated rings. The molecular formula is C14H19NO3. The first-order chi connectivity index (χ1) is 8.70. The van der Waals surface area contributed by atoms with Gasteiger partial charge in [-0.3, -0.25) is 4.79 Å². The molecule has 4 heteroatoms. The Morgan fingerprint density at radius 3 is 2.67 bits per heavy atom. The largest absolute Gasteiger partial charge is 0.391 e. The Kier molecular flexibility index (Phi) is 4.33. The van der Waals surface area contributed by atoms with Crippen LogP contribution in [0.25, 0.3) is 0 Å². The molecule has 1 unspecified atom stereocenters. The number of amides is 1. The van der Waals surface area contributed by atoms with Crippen molar-refractivity contribution in [2.45, 2.75) is 25.6 Å². The number of nitrogens with one attached hydrogen (secondary N) is 1. The van der Waals surface area contributed by atoms with Crippen LogP contribution in [0.15, 0.2) is 24.3 Å². The highest BCUT2D eigenvalue weighted by Gasteiger charge is 2.29. The van der Waals surface area contributed by atoms with Gasteiger partial charge in [0.2, 0.25) is 0 Å². The van der Waals surface area contributed by atoms with Gasteiger partial charge in [-0.1, -0.05) is 12.1 Å². The predicted octanol–water partition coefficient (Wildman–Crippen LogP) is 1.33. The van der Waals surface area contributed by atoms with Crippen molar-refractivity contribution in [3.8, 4) is 0 Å². The highest BCUT2D eigenvalue weighted by atomic mass is 16.5. The molecule has 1 saturated carbocycles. The monoisotopic (exact) mass is 249 g/mol. The highest BCUT2D eigenvalue weighted by molar-refractivity contribution is 5.94. The smallest absolute Gasteiger partial charge is 0.251 e. The first-order valence-electron chi connectivity index (χ1n) is 6.25. The average molecular weight is 249 g/mol. The Balaban J connectivity index is 1.83. The molecule has 1 amide bonds. The lowest BCUT2D eigenvalue weighted by Crippen LogP contribution is -2.33. The molecule has 0 spiro atoms. The lowest BCUT2D eigenvalue weighted by molar-refractivity contribution is 0.0901. The Morgan fingerprint density at radius 1 is 1.44 bits per heavy atom. The molecular weight excluding hydrogens is 230 g/mol. The molecule has 4 nitrogen and oxygen atoms in total. The van der Waals surface area contributed by atoms with E-state index in [1.165, 1.54) is 0 Å². The lowest BCUT2D eigenvalue weighted by atomic mass is 10.1. The maximum absolute atomic E-state index is 11.8. The van der Waals surface area contributed by atoms with Crippen LogP contribution in [0.1, 0.15) is 28.8 Å². The number of hydrogen-bond donors (Lipinski definition) is 2. The minimum atomic E-state index is -0.401. The third kappa shape index (κ3) is 3.55. The van der Waals surface area contributed by atoms with E-state index in [1.807, 2.05) is 12.1 Å². The van der Waals surface area contributed by atoms with Crippen molar-refractivity contribution in [1.29, 1.82) is 0 Å². The second-order valence-electron chi connectivity index (χ2n) is 4.74. The van der Waals surface area contributed by atoms with Crippen LogP contribution in [-0.2, 0) is 11.3 Å². The number of rotatable bonds is 6. The van der Waals surface area contributed by atoms with E-state index in [0.29, 0.717) is 24.6 Å². The summed E-state index contributed by atoms with van der Waals surface area (Å²) in [4.78, 5) is 11.8. The van der Waals surface area contributed by atoms with Gasteiger partial charge in [0.1, 0.15) is 0 Å². The first kappa shape index (κ1) is 13.1. The summed E-state index contributed by atoms with van der Waals surface area (Å²) in [7, 11) is 1.64. The normalized spacial score (nSPS) is 16.3. The summed E-state index contributed by atoms with van der Waals surface area (Å²) in [6, 6.07) is 7.28. The topological polar surface area (TPSA) is 58.6 Å². The molecule has 1 aliphatic rings. The summed E-state index contributed by atoms with van der Waals surface area (Å²) in [5.41, 5.74) is 1.64. The molecule has 0 bridgehead atoms. The van der Waals surface area contributed by atoms with Gasteiger partial charge in [0, 0.05) is 19.2 Å². The lowest BCUT2D eigenvalue weighted by Gasteiger charge is -2.10. The Labute approximate surface area is 107 Å². The van der Waals surface area contributed by atoms with Gasteiger partial charge in [0.25, 0.3) is 5.91 Å². The number of carbonyl (C=O) groups excluding carboxylic acids is 1. The molecule has 0 aliphatic heterocycles. The SMILES string of the molecule is COCc1ccc(C(=O)NCC(O)C2CC2)cc1. The minimum Gasteiger partial charge on any atom is -0.391 e. The maximum Gasteiger partial charge on any atom is 0.251 e. The second kappa shape index (κ2) is 5.98. The zero-order valence-electron chi connectivity index (χ0n) is 10.6. The van der Waals surface area contributed by atoms with Crippen LogP contribution in [0.4, 0.5) is 0 Å². The van der Waals surface area contributed by atoms with Crippen LogP contribution in [0.2, 0.25) is 0 Å². The molecule has 2 N–H and O–H groups in total. The highest BCUT2D eigenvalue weighted by Crippen LogP contribution is 2.32. The minimum absolute atomic E-state index is 0.140. The molecule has 2 rings (SSSR count). The van der Waals surface area contributed by atoms with Crippen molar-refractivity contribution in [1.82, 2.24) is 5.32 Å². The molecule has 0 saturated heterocycles. The van der Waals surface area contributed by atoms with Gasteiger partial charge in [-0.05, 0) is 36.5 Å². The zero-order chi connectivity index (χ0) is 13.0. The van der Waals surface area contributed by atoms with Crippen molar-refractivity contribution in [2.75, 3.05) is 13.7 Å². The summed E-state index contributed by atoms with van der Waals surface area (Å²) in [6.45, 7) is 0.881. The standard InChI is InChI=1S/C14H19NO3/c1-18-9-10-2-4-12(5-3-10)14(17)15-8-13(16)11-6-7-11/h2-5,11,13,16H,6-9H2,1H3,(H,15,17). The van der Waals surface area contributed by atoms with E-state index in [0.717, 1.165) is 18.4 Å². The fourth-order valence-corrected chi connectivity index (χ4v) is 1.87. The molecule has 18 heavy (non-hydrogen) atoms.